The van der Waals surface area contributed by atoms with Crippen LogP contribution >= 0.6 is 0 Å². The van der Waals surface area contributed by atoms with Crippen molar-refractivity contribution < 1.29 is 14.8 Å². The molecule has 0 spiro atoms. The predicted molar refractivity (Wildman–Crippen MR) is 76.2 cm³/mol. The summed E-state index contributed by atoms with van der Waals surface area (Å²) in [5, 5.41) is 21.4. The molecule has 2 fully saturated rings. The Labute approximate surface area is 122 Å². The quantitative estimate of drug-likeness (QED) is 0.668. The third kappa shape index (κ3) is 2.71. The summed E-state index contributed by atoms with van der Waals surface area (Å²) in [6.07, 6.45) is 3.91. The summed E-state index contributed by atoms with van der Waals surface area (Å²) >= 11 is 0. The molecule has 1 saturated heterocycles. The van der Waals surface area contributed by atoms with Crippen LogP contribution in [-0.2, 0) is 4.74 Å². The zero-order chi connectivity index (χ0) is 14.8. The van der Waals surface area contributed by atoms with Gasteiger partial charge in [0.1, 0.15) is 0 Å². The summed E-state index contributed by atoms with van der Waals surface area (Å²) in [7, 11) is 0. The lowest BCUT2D eigenvalue weighted by molar-refractivity contribution is -0.384. The maximum atomic E-state index is 11.2. The van der Waals surface area contributed by atoms with E-state index < -0.39 is 4.92 Å². The summed E-state index contributed by atoms with van der Waals surface area (Å²) in [4.78, 5) is 17.0. The number of hydrogen-bond acceptors (Lipinski definition) is 6. The normalized spacial score (nSPS) is 29.6. The molecular weight excluding hydrogens is 274 g/mol. The molecule has 1 N–H and O–H groups in total. The Balaban J connectivity index is 1.93. The average molecular weight is 293 g/mol. The van der Waals surface area contributed by atoms with E-state index in [0.717, 1.165) is 19.3 Å². The topological polar surface area (TPSA) is 88.7 Å². The van der Waals surface area contributed by atoms with Crippen LogP contribution in [0.15, 0.2) is 18.3 Å². The van der Waals surface area contributed by atoms with Crippen molar-refractivity contribution in [1.29, 1.82) is 0 Å². The van der Waals surface area contributed by atoms with Crippen molar-refractivity contribution >= 4 is 11.5 Å². The van der Waals surface area contributed by atoms with E-state index in [1.54, 1.807) is 12.3 Å². The van der Waals surface area contributed by atoms with Gasteiger partial charge in [0.2, 0.25) is 5.82 Å². The van der Waals surface area contributed by atoms with E-state index in [4.69, 9.17) is 4.74 Å². The van der Waals surface area contributed by atoms with Crippen LogP contribution in [0.5, 0.6) is 0 Å². The van der Waals surface area contributed by atoms with Crippen molar-refractivity contribution in [2.75, 3.05) is 24.7 Å². The molecule has 1 aliphatic heterocycles. The molecule has 1 aromatic rings. The zero-order valence-corrected chi connectivity index (χ0v) is 11.7. The predicted octanol–water partition coefficient (Wildman–Crippen LogP) is 1.36. The van der Waals surface area contributed by atoms with Gasteiger partial charge in [-0.3, -0.25) is 10.1 Å². The van der Waals surface area contributed by atoms with E-state index in [0.29, 0.717) is 25.6 Å². The smallest absolute Gasteiger partial charge is 0.311 e. The van der Waals surface area contributed by atoms with Gasteiger partial charge in [-0.15, -0.1) is 0 Å². The largest absolute Gasteiger partial charge is 0.393 e. The lowest BCUT2D eigenvalue weighted by atomic mass is 9.94. The van der Waals surface area contributed by atoms with Gasteiger partial charge in [-0.25, -0.2) is 4.98 Å². The van der Waals surface area contributed by atoms with Crippen LogP contribution in [0.3, 0.4) is 0 Å². The van der Waals surface area contributed by atoms with Gasteiger partial charge in [0.15, 0.2) is 0 Å². The van der Waals surface area contributed by atoms with Gasteiger partial charge >= 0.3 is 5.69 Å². The third-order valence-electron chi connectivity index (χ3n) is 4.43. The highest BCUT2D eigenvalue weighted by Gasteiger charge is 2.39. The van der Waals surface area contributed by atoms with E-state index in [2.05, 4.69) is 4.98 Å². The molecule has 1 saturated carbocycles. The number of aliphatic hydroxyl groups excluding tert-OH is 1. The first-order valence-corrected chi connectivity index (χ1v) is 7.30. The molecule has 0 unspecified atom stereocenters. The summed E-state index contributed by atoms with van der Waals surface area (Å²) < 4.78 is 5.54. The lowest BCUT2D eigenvalue weighted by Gasteiger charge is -2.40. The van der Waals surface area contributed by atoms with Gasteiger partial charge in [0.05, 0.1) is 30.3 Å². The van der Waals surface area contributed by atoms with Gasteiger partial charge < -0.3 is 14.7 Å². The SMILES string of the molecule is O=[N+]([O-])c1cccnc1N1CCOC[C@@H]1[C@@H]1CCC[C@H]1O. The Hall–Kier alpha value is -1.73. The molecule has 1 aliphatic carbocycles. The van der Waals surface area contributed by atoms with Gasteiger partial charge in [0.25, 0.3) is 0 Å². The second-order valence-corrected chi connectivity index (χ2v) is 5.60. The molecule has 21 heavy (non-hydrogen) atoms. The Morgan fingerprint density at radius 3 is 3.05 bits per heavy atom. The fourth-order valence-electron chi connectivity index (χ4n) is 3.41. The molecule has 0 radical (unpaired) electrons. The Morgan fingerprint density at radius 2 is 2.33 bits per heavy atom. The first kappa shape index (κ1) is 14.2. The maximum absolute atomic E-state index is 11.2. The fraction of sp³-hybridized carbons (Fsp3) is 0.643. The number of pyridine rings is 1. The second-order valence-electron chi connectivity index (χ2n) is 5.60. The summed E-state index contributed by atoms with van der Waals surface area (Å²) in [6.45, 7) is 1.56. The maximum Gasteiger partial charge on any atom is 0.311 e. The van der Waals surface area contributed by atoms with Gasteiger partial charge in [-0.05, 0) is 18.9 Å². The number of nitrogens with zero attached hydrogens (tertiary/aromatic N) is 3. The van der Waals surface area contributed by atoms with Crippen molar-refractivity contribution in [2.24, 2.45) is 5.92 Å². The van der Waals surface area contributed by atoms with Gasteiger partial charge in [-0.1, -0.05) is 6.42 Å². The molecule has 7 heteroatoms. The molecule has 1 aromatic heterocycles. The molecular formula is C14H19N3O4. The molecule has 114 valence electrons. The highest BCUT2D eigenvalue weighted by atomic mass is 16.6. The van der Waals surface area contributed by atoms with E-state index in [9.17, 15) is 15.2 Å². The van der Waals surface area contributed by atoms with Crippen LogP contribution < -0.4 is 4.90 Å². The van der Waals surface area contributed by atoms with Crippen LogP contribution in [-0.4, -0.2) is 46.9 Å². The van der Waals surface area contributed by atoms with Crippen LogP contribution in [0.1, 0.15) is 19.3 Å². The summed E-state index contributed by atoms with van der Waals surface area (Å²) in [5.41, 5.74) is 0.0110. The zero-order valence-electron chi connectivity index (χ0n) is 11.7. The standard InChI is InChI=1S/C14H19N3O4/c18-13-5-1-3-10(13)12-9-21-8-7-16(12)14-11(17(19)20)4-2-6-15-14/h2,4,6,10,12-13,18H,1,3,5,7-9H2/t10-,12+,13+/m0/s1. The van der Waals surface area contributed by atoms with Crippen LogP contribution in [0.2, 0.25) is 0 Å². The molecule has 0 bridgehead atoms. The minimum atomic E-state index is -0.403. The number of aromatic nitrogens is 1. The van der Waals surface area contributed by atoms with Crippen molar-refractivity contribution in [1.82, 2.24) is 4.98 Å². The molecule has 2 heterocycles. The molecule has 3 atom stereocenters. The average Bonchev–Trinajstić information content (AvgIpc) is 2.93. The van der Waals surface area contributed by atoms with Crippen LogP contribution in [0.25, 0.3) is 0 Å². The van der Waals surface area contributed by atoms with Crippen molar-refractivity contribution in [3.8, 4) is 0 Å². The molecule has 7 nitrogen and oxygen atoms in total. The first-order chi connectivity index (χ1) is 10.2. The van der Waals surface area contributed by atoms with E-state index in [-0.39, 0.29) is 23.8 Å². The van der Waals surface area contributed by atoms with Gasteiger partial charge in [0, 0.05) is 24.7 Å². The lowest BCUT2D eigenvalue weighted by Crippen LogP contribution is -2.51. The highest BCUT2D eigenvalue weighted by molar-refractivity contribution is 5.58. The number of ether oxygens (including phenoxy) is 1. The first-order valence-electron chi connectivity index (χ1n) is 7.30. The highest BCUT2D eigenvalue weighted by Crippen LogP contribution is 2.36. The summed E-state index contributed by atoms with van der Waals surface area (Å²) in [5.74, 6) is 0.474. The molecule has 0 aromatic carbocycles. The fourth-order valence-corrected chi connectivity index (χ4v) is 3.41. The Kier molecular flexibility index (Phi) is 4.03. The van der Waals surface area contributed by atoms with E-state index >= 15 is 0 Å². The third-order valence-corrected chi connectivity index (χ3v) is 4.43. The number of aliphatic hydroxyl groups is 1. The number of rotatable bonds is 3. The minimum absolute atomic E-state index is 0.0110. The molecule has 3 rings (SSSR count). The summed E-state index contributed by atoms with van der Waals surface area (Å²) in [6, 6.07) is 2.99. The number of anilines is 1. The minimum Gasteiger partial charge on any atom is -0.393 e. The van der Waals surface area contributed by atoms with Gasteiger partial charge in [-0.2, -0.15) is 0 Å². The molecule has 0 amide bonds. The molecule has 2 aliphatic rings. The Morgan fingerprint density at radius 1 is 1.48 bits per heavy atom. The van der Waals surface area contributed by atoms with Crippen LogP contribution in [0.4, 0.5) is 11.5 Å². The van der Waals surface area contributed by atoms with Crippen molar-refractivity contribution in [3.05, 3.63) is 28.4 Å². The van der Waals surface area contributed by atoms with Crippen molar-refractivity contribution in [3.63, 3.8) is 0 Å². The number of hydrogen-bond donors (Lipinski definition) is 1. The number of morpholine rings is 1. The van der Waals surface area contributed by atoms with Crippen molar-refractivity contribution in [2.45, 2.75) is 31.4 Å². The Bertz CT molecular complexity index is 525. The monoisotopic (exact) mass is 293 g/mol. The van der Waals surface area contributed by atoms with Crippen LogP contribution in [0, 0.1) is 16.0 Å². The second kappa shape index (κ2) is 5.95. The van der Waals surface area contributed by atoms with E-state index in [1.807, 2.05) is 4.90 Å². The number of nitro groups is 1. The van der Waals surface area contributed by atoms with E-state index in [1.165, 1.54) is 6.07 Å².